The van der Waals surface area contributed by atoms with Crippen molar-refractivity contribution < 1.29 is 28.5 Å². The molecular formula is C8H12N2O6. The second-order valence-corrected chi connectivity index (χ2v) is 3.12. The molecule has 0 amide bonds. The van der Waals surface area contributed by atoms with Gasteiger partial charge in [0.25, 0.3) is 12.8 Å². The predicted molar refractivity (Wildman–Crippen MR) is 47.7 cm³/mol. The van der Waals surface area contributed by atoms with Crippen LogP contribution < -0.4 is 10.6 Å². The molecule has 2 N–H and O–H groups in total. The van der Waals surface area contributed by atoms with E-state index in [0.717, 1.165) is 0 Å². The molecule has 0 aromatic carbocycles. The molecule has 2 heterocycles. The Morgan fingerprint density at radius 2 is 1.38 bits per heavy atom. The number of carbonyl (C=O) groups is 2. The van der Waals surface area contributed by atoms with E-state index < -0.39 is 24.8 Å². The first-order valence-corrected chi connectivity index (χ1v) is 4.87. The summed E-state index contributed by atoms with van der Waals surface area (Å²) in [7, 11) is 0. The largest absolute Gasteiger partial charge is 0.420 e. The lowest BCUT2D eigenvalue weighted by atomic mass is 10.7. The Bertz CT molecular complexity index is 244. The third kappa shape index (κ3) is 2.89. The molecular weight excluding hydrogens is 220 g/mol. The summed E-state index contributed by atoms with van der Waals surface area (Å²) in [5, 5.41) is 5.43. The minimum atomic E-state index is -1.11. The first-order valence-electron chi connectivity index (χ1n) is 4.87. The molecule has 2 unspecified atom stereocenters. The molecule has 0 aliphatic carbocycles. The number of esters is 2. The lowest BCUT2D eigenvalue weighted by Gasteiger charge is -2.13. The van der Waals surface area contributed by atoms with Crippen molar-refractivity contribution in [3.63, 3.8) is 0 Å². The van der Waals surface area contributed by atoms with Crippen molar-refractivity contribution in [2.24, 2.45) is 0 Å². The van der Waals surface area contributed by atoms with E-state index in [1.807, 2.05) is 0 Å². The highest BCUT2D eigenvalue weighted by atomic mass is 16.8. The summed E-state index contributed by atoms with van der Waals surface area (Å²) in [6.07, 6.45) is -1.75. The standard InChI is InChI=1S/C8H12N2O6/c11-5(15-7-9-1-3-13-7)6(12)16-8-10-2-4-14-8/h7-10H,1-4H2. The zero-order chi connectivity index (χ0) is 11.4. The van der Waals surface area contributed by atoms with E-state index in [0.29, 0.717) is 26.3 Å². The van der Waals surface area contributed by atoms with E-state index in [4.69, 9.17) is 9.47 Å². The van der Waals surface area contributed by atoms with Crippen molar-refractivity contribution in [2.75, 3.05) is 26.3 Å². The molecule has 0 spiro atoms. The Hall–Kier alpha value is -1.22. The quantitative estimate of drug-likeness (QED) is 0.412. The van der Waals surface area contributed by atoms with Crippen molar-refractivity contribution in [1.82, 2.24) is 10.6 Å². The van der Waals surface area contributed by atoms with Crippen LogP contribution in [0.1, 0.15) is 0 Å². The third-order valence-corrected chi connectivity index (χ3v) is 1.96. The molecule has 2 fully saturated rings. The molecule has 16 heavy (non-hydrogen) atoms. The third-order valence-electron chi connectivity index (χ3n) is 1.96. The molecule has 8 nitrogen and oxygen atoms in total. The van der Waals surface area contributed by atoms with Crippen LogP contribution in [-0.2, 0) is 28.5 Å². The Labute approximate surface area is 91.2 Å². The number of hydrogen-bond acceptors (Lipinski definition) is 8. The van der Waals surface area contributed by atoms with Gasteiger partial charge in [-0.1, -0.05) is 0 Å². The Morgan fingerprint density at radius 3 is 1.69 bits per heavy atom. The lowest BCUT2D eigenvalue weighted by molar-refractivity contribution is -0.199. The maximum Gasteiger partial charge on any atom is 0.420 e. The first-order chi connectivity index (χ1) is 7.75. The Kier molecular flexibility index (Phi) is 3.67. The summed E-state index contributed by atoms with van der Waals surface area (Å²) in [4.78, 5) is 22.4. The predicted octanol–water partition coefficient (Wildman–Crippen LogP) is -2.12. The highest BCUT2D eigenvalue weighted by Crippen LogP contribution is 2.02. The highest BCUT2D eigenvalue weighted by Gasteiger charge is 2.28. The van der Waals surface area contributed by atoms with Gasteiger partial charge in [-0.3, -0.25) is 10.6 Å². The van der Waals surface area contributed by atoms with Crippen LogP contribution in [0.2, 0.25) is 0 Å². The van der Waals surface area contributed by atoms with Gasteiger partial charge in [-0.15, -0.1) is 0 Å². The molecule has 0 saturated carbocycles. The SMILES string of the molecule is O=C(OC1NCCO1)C(=O)OC1NCCO1. The summed E-state index contributed by atoms with van der Waals surface area (Å²) < 4.78 is 19.2. The van der Waals surface area contributed by atoms with Crippen molar-refractivity contribution in [3.05, 3.63) is 0 Å². The molecule has 0 aromatic heterocycles. The van der Waals surface area contributed by atoms with Crippen LogP contribution in [0.3, 0.4) is 0 Å². The smallest absolute Gasteiger partial charge is 0.413 e. The van der Waals surface area contributed by atoms with Gasteiger partial charge in [0.2, 0.25) is 0 Å². The summed E-state index contributed by atoms with van der Waals surface area (Å²) in [6, 6.07) is 0. The van der Waals surface area contributed by atoms with Crippen molar-refractivity contribution in [1.29, 1.82) is 0 Å². The Morgan fingerprint density at radius 1 is 0.938 bits per heavy atom. The van der Waals surface area contributed by atoms with Gasteiger partial charge in [0, 0.05) is 13.1 Å². The van der Waals surface area contributed by atoms with Crippen LogP contribution in [0.5, 0.6) is 0 Å². The molecule has 0 radical (unpaired) electrons. The van der Waals surface area contributed by atoms with E-state index in [9.17, 15) is 9.59 Å². The normalized spacial score (nSPS) is 29.0. The minimum Gasteiger partial charge on any atom is -0.413 e. The van der Waals surface area contributed by atoms with Gasteiger partial charge in [0.15, 0.2) is 0 Å². The van der Waals surface area contributed by atoms with Crippen LogP contribution >= 0.6 is 0 Å². The molecule has 0 aromatic rings. The minimum absolute atomic E-state index is 0.431. The monoisotopic (exact) mass is 232 g/mol. The zero-order valence-electron chi connectivity index (χ0n) is 8.43. The highest BCUT2D eigenvalue weighted by molar-refractivity contribution is 6.29. The van der Waals surface area contributed by atoms with E-state index in [2.05, 4.69) is 20.1 Å². The van der Waals surface area contributed by atoms with E-state index >= 15 is 0 Å². The van der Waals surface area contributed by atoms with Crippen LogP contribution in [0.25, 0.3) is 0 Å². The molecule has 2 rings (SSSR count). The van der Waals surface area contributed by atoms with Gasteiger partial charge in [0.1, 0.15) is 0 Å². The number of ether oxygens (including phenoxy) is 4. The van der Waals surface area contributed by atoms with E-state index in [1.165, 1.54) is 0 Å². The average molecular weight is 232 g/mol. The van der Waals surface area contributed by atoms with Gasteiger partial charge in [-0.25, -0.2) is 9.59 Å². The average Bonchev–Trinajstić information content (AvgIpc) is 2.90. The number of hydrogen-bond donors (Lipinski definition) is 2. The van der Waals surface area contributed by atoms with Gasteiger partial charge in [0.05, 0.1) is 13.2 Å². The summed E-state index contributed by atoms with van der Waals surface area (Å²) in [5.74, 6) is -2.23. The second kappa shape index (κ2) is 5.21. The van der Waals surface area contributed by atoms with Crippen molar-refractivity contribution in [3.8, 4) is 0 Å². The van der Waals surface area contributed by atoms with E-state index in [1.54, 1.807) is 0 Å². The van der Waals surface area contributed by atoms with Gasteiger partial charge >= 0.3 is 11.9 Å². The molecule has 2 aliphatic heterocycles. The molecule has 0 bridgehead atoms. The van der Waals surface area contributed by atoms with Crippen molar-refractivity contribution in [2.45, 2.75) is 12.8 Å². The maximum absolute atomic E-state index is 11.2. The molecule has 2 aliphatic rings. The Balaban J connectivity index is 1.72. The van der Waals surface area contributed by atoms with Gasteiger partial charge in [-0.05, 0) is 0 Å². The fraction of sp³-hybridized carbons (Fsp3) is 0.750. The fourth-order valence-corrected chi connectivity index (χ4v) is 1.25. The summed E-state index contributed by atoms with van der Waals surface area (Å²) in [5.41, 5.74) is 0. The van der Waals surface area contributed by atoms with E-state index in [-0.39, 0.29) is 0 Å². The fourth-order valence-electron chi connectivity index (χ4n) is 1.25. The van der Waals surface area contributed by atoms with Crippen LogP contribution in [-0.4, -0.2) is 51.1 Å². The van der Waals surface area contributed by atoms with Crippen LogP contribution in [0.15, 0.2) is 0 Å². The number of carbonyl (C=O) groups excluding carboxylic acids is 2. The number of nitrogens with one attached hydrogen (secondary N) is 2. The van der Waals surface area contributed by atoms with Gasteiger partial charge in [-0.2, -0.15) is 0 Å². The molecule has 2 saturated heterocycles. The lowest BCUT2D eigenvalue weighted by Crippen LogP contribution is -2.36. The van der Waals surface area contributed by atoms with Crippen LogP contribution in [0, 0.1) is 0 Å². The summed E-state index contributed by atoms with van der Waals surface area (Å²) >= 11 is 0. The molecule has 8 heteroatoms. The zero-order valence-corrected chi connectivity index (χ0v) is 8.43. The second-order valence-electron chi connectivity index (χ2n) is 3.12. The summed E-state index contributed by atoms with van der Waals surface area (Å²) in [6.45, 7) is 2.00. The molecule has 2 atom stereocenters. The number of rotatable bonds is 2. The van der Waals surface area contributed by atoms with Crippen LogP contribution in [0.4, 0.5) is 0 Å². The maximum atomic E-state index is 11.2. The first kappa shape index (κ1) is 11.3. The molecule has 90 valence electrons. The van der Waals surface area contributed by atoms with Gasteiger partial charge < -0.3 is 18.9 Å². The van der Waals surface area contributed by atoms with Crippen molar-refractivity contribution >= 4 is 11.9 Å². The topological polar surface area (TPSA) is 95.1 Å².